The number of hydrogen-bond acceptors (Lipinski definition) is 7. The molecule has 40 heavy (non-hydrogen) atoms. The van der Waals surface area contributed by atoms with E-state index in [0.29, 0.717) is 29.5 Å². The summed E-state index contributed by atoms with van der Waals surface area (Å²) in [6.45, 7) is 0.611. The van der Waals surface area contributed by atoms with Gasteiger partial charge in [-0.05, 0) is 29.3 Å². The molecule has 5 aromatic rings. The zero-order valence-electron chi connectivity index (χ0n) is 20.6. The van der Waals surface area contributed by atoms with Crippen molar-refractivity contribution in [1.82, 2.24) is 15.0 Å². The number of halogens is 3. The molecular weight excluding hydrogens is 527 g/mol. The number of aromatic nitrogens is 3. The van der Waals surface area contributed by atoms with Crippen molar-refractivity contribution in [2.24, 2.45) is 0 Å². The van der Waals surface area contributed by atoms with E-state index in [1.807, 2.05) is 60.7 Å². The van der Waals surface area contributed by atoms with Crippen LogP contribution in [0.25, 0.3) is 22.6 Å². The molecule has 0 fully saturated rings. The average Bonchev–Trinajstić information content (AvgIpc) is 3.39. The number of fused-ring (bicyclic) bond motifs is 1. The highest BCUT2D eigenvalue weighted by atomic mass is 19.4. The molecule has 0 spiro atoms. The molecular formula is C29H20F3N3O5. The van der Waals surface area contributed by atoms with Crippen LogP contribution in [0.1, 0.15) is 21.5 Å². The number of nitrogens with one attached hydrogen (secondary N) is 1. The van der Waals surface area contributed by atoms with Crippen LogP contribution in [0, 0.1) is 0 Å². The lowest BCUT2D eigenvalue weighted by Gasteiger charge is -2.13. The number of alkyl halides is 3. The number of nitrogens with zero attached hydrogens (tertiary/aromatic N) is 2. The number of rotatable bonds is 8. The molecule has 0 amide bonds. The van der Waals surface area contributed by atoms with Gasteiger partial charge in [0.15, 0.2) is 5.65 Å². The fourth-order valence-electron chi connectivity index (χ4n) is 3.72. The van der Waals surface area contributed by atoms with Crippen molar-refractivity contribution in [1.29, 1.82) is 0 Å². The van der Waals surface area contributed by atoms with Crippen LogP contribution >= 0.6 is 0 Å². The van der Waals surface area contributed by atoms with Gasteiger partial charge in [-0.25, -0.2) is 19.6 Å². The van der Waals surface area contributed by atoms with E-state index in [4.69, 9.17) is 9.47 Å². The van der Waals surface area contributed by atoms with E-state index in [2.05, 4.69) is 19.7 Å². The number of carbonyl (C=O) groups excluding carboxylic acids is 2. The van der Waals surface area contributed by atoms with E-state index in [9.17, 15) is 22.8 Å². The SMILES string of the molecule is O=C(OC(=O)C(F)(F)F)c1cnc2[nH]c(-c3ccc(OCc4ccccc4)cc3OCc3ccccc3)nc2c1. The first-order chi connectivity index (χ1) is 19.3. The highest BCUT2D eigenvalue weighted by Crippen LogP contribution is 2.34. The van der Waals surface area contributed by atoms with E-state index >= 15 is 0 Å². The molecule has 0 aliphatic rings. The van der Waals surface area contributed by atoms with Gasteiger partial charge < -0.3 is 19.2 Å². The first-order valence-electron chi connectivity index (χ1n) is 11.9. The zero-order chi connectivity index (χ0) is 28.1. The predicted molar refractivity (Wildman–Crippen MR) is 137 cm³/mol. The lowest BCUT2D eigenvalue weighted by Crippen LogP contribution is -2.28. The lowest BCUT2D eigenvalue weighted by molar-refractivity contribution is -0.193. The Kier molecular flexibility index (Phi) is 7.45. The Morgan fingerprint density at radius 2 is 1.48 bits per heavy atom. The lowest BCUT2D eigenvalue weighted by atomic mass is 10.1. The van der Waals surface area contributed by atoms with Gasteiger partial charge in [-0.15, -0.1) is 0 Å². The number of aromatic amines is 1. The number of H-pyrrole nitrogens is 1. The van der Waals surface area contributed by atoms with Gasteiger partial charge in [0.1, 0.15) is 36.1 Å². The largest absolute Gasteiger partial charge is 0.491 e. The normalized spacial score (nSPS) is 11.3. The molecule has 5 rings (SSSR count). The third-order valence-electron chi connectivity index (χ3n) is 5.68. The van der Waals surface area contributed by atoms with Crippen LogP contribution in [0.15, 0.2) is 91.1 Å². The summed E-state index contributed by atoms with van der Waals surface area (Å²) in [5, 5.41) is 0. The molecule has 0 aliphatic heterocycles. The molecule has 2 aromatic heterocycles. The number of benzene rings is 3. The molecule has 0 unspecified atom stereocenters. The quantitative estimate of drug-likeness (QED) is 0.187. The average molecular weight is 547 g/mol. The molecule has 0 bridgehead atoms. The Labute approximate surface area is 225 Å². The summed E-state index contributed by atoms with van der Waals surface area (Å²) in [4.78, 5) is 34.6. The number of hydrogen-bond donors (Lipinski definition) is 1. The standard InChI is InChI=1S/C29H20F3N3O5/c30-29(31,32)28(37)40-27(36)20-13-23-26(33-15-20)35-25(34-23)22-12-11-21(38-16-18-7-3-1-4-8-18)14-24(22)39-17-19-9-5-2-6-10-19/h1-15H,16-17H2,(H,33,34,35). The van der Waals surface area contributed by atoms with Crippen LogP contribution in [0.2, 0.25) is 0 Å². The highest BCUT2D eigenvalue weighted by Gasteiger charge is 2.42. The molecule has 2 heterocycles. The summed E-state index contributed by atoms with van der Waals surface area (Å²) in [6, 6.07) is 25.6. The Balaban J connectivity index is 1.42. The van der Waals surface area contributed by atoms with Gasteiger partial charge in [0.2, 0.25) is 0 Å². The summed E-state index contributed by atoms with van der Waals surface area (Å²) >= 11 is 0. The number of carbonyl (C=O) groups is 2. The van der Waals surface area contributed by atoms with E-state index in [1.165, 1.54) is 6.07 Å². The minimum absolute atomic E-state index is 0.169. The smallest absolute Gasteiger partial charge is 0.489 e. The van der Waals surface area contributed by atoms with Crippen molar-refractivity contribution in [3.8, 4) is 22.9 Å². The molecule has 1 N–H and O–H groups in total. The summed E-state index contributed by atoms with van der Waals surface area (Å²) < 4.78 is 53.3. The molecule has 3 aromatic carbocycles. The number of esters is 2. The molecule has 8 nitrogen and oxygen atoms in total. The van der Waals surface area contributed by atoms with Gasteiger partial charge in [-0.3, -0.25) is 0 Å². The van der Waals surface area contributed by atoms with Crippen molar-refractivity contribution in [2.45, 2.75) is 19.4 Å². The maximum absolute atomic E-state index is 12.5. The van der Waals surface area contributed by atoms with Crippen molar-refractivity contribution >= 4 is 23.1 Å². The summed E-state index contributed by atoms with van der Waals surface area (Å²) in [5.41, 5.74) is 2.54. The fraction of sp³-hybridized carbons (Fsp3) is 0.103. The minimum Gasteiger partial charge on any atom is -0.489 e. The number of imidazole rings is 1. The van der Waals surface area contributed by atoms with Gasteiger partial charge in [0.25, 0.3) is 0 Å². The Morgan fingerprint density at radius 3 is 2.12 bits per heavy atom. The topological polar surface area (TPSA) is 103 Å². The molecule has 0 radical (unpaired) electrons. The van der Waals surface area contributed by atoms with Gasteiger partial charge >= 0.3 is 18.1 Å². The fourth-order valence-corrected chi connectivity index (χ4v) is 3.72. The van der Waals surface area contributed by atoms with Crippen LogP contribution in [0.3, 0.4) is 0 Å². The monoisotopic (exact) mass is 547 g/mol. The van der Waals surface area contributed by atoms with Crippen LogP contribution in [0.5, 0.6) is 11.5 Å². The highest BCUT2D eigenvalue weighted by molar-refractivity contribution is 5.99. The first kappa shape index (κ1) is 26.4. The molecule has 202 valence electrons. The maximum Gasteiger partial charge on any atom is 0.491 e. The van der Waals surface area contributed by atoms with Crippen LogP contribution in [-0.2, 0) is 22.7 Å². The molecule has 0 saturated heterocycles. The second kappa shape index (κ2) is 11.3. The van der Waals surface area contributed by atoms with Gasteiger partial charge in [0.05, 0.1) is 11.1 Å². The van der Waals surface area contributed by atoms with Crippen molar-refractivity contribution < 1.29 is 37.0 Å². The molecule has 11 heteroatoms. The van der Waals surface area contributed by atoms with E-state index < -0.39 is 18.1 Å². The Bertz CT molecular complexity index is 1650. The van der Waals surface area contributed by atoms with Gasteiger partial charge in [-0.2, -0.15) is 13.2 Å². The van der Waals surface area contributed by atoms with Gasteiger partial charge in [0, 0.05) is 12.3 Å². The summed E-state index contributed by atoms with van der Waals surface area (Å²) in [7, 11) is 0. The second-order valence-electron chi connectivity index (χ2n) is 8.56. The van der Waals surface area contributed by atoms with Crippen molar-refractivity contribution in [3.63, 3.8) is 0 Å². The first-order valence-corrected chi connectivity index (χ1v) is 11.9. The third kappa shape index (κ3) is 6.26. The number of pyridine rings is 1. The maximum atomic E-state index is 12.5. The van der Waals surface area contributed by atoms with Crippen molar-refractivity contribution in [2.75, 3.05) is 0 Å². The summed E-state index contributed by atoms with van der Waals surface area (Å²) in [5.74, 6) is -2.77. The predicted octanol–water partition coefficient (Wildman–Crippen LogP) is 6.03. The second-order valence-corrected chi connectivity index (χ2v) is 8.56. The zero-order valence-corrected chi connectivity index (χ0v) is 20.6. The third-order valence-corrected chi connectivity index (χ3v) is 5.68. The van der Waals surface area contributed by atoms with E-state index in [1.54, 1.807) is 18.2 Å². The van der Waals surface area contributed by atoms with Crippen LogP contribution in [-0.4, -0.2) is 33.1 Å². The van der Waals surface area contributed by atoms with Crippen LogP contribution in [0.4, 0.5) is 13.2 Å². The summed E-state index contributed by atoms with van der Waals surface area (Å²) in [6.07, 6.45) is -4.32. The molecule has 0 aliphatic carbocycles. The van der Waals surface area contributed by atoms with E-state index in [0.717, 1.165) is 17.3 Å². The van der Waals surface area contributed by atoms with E-state index in [-0.39, 0.29) is 23.3 Å². The number of ether oxygens (including phenoxy) is 3. The minimum atomic E-state index is -5.31. The molecule has 0 atom stereocenters. The van der Waals surface area contributed by atoms with Gasteiger partial charge in [-0.1, -0.05) is 60.7 Å². The van der Waals surface area contributed by atoms with Crippen LogP contribution < -0.4 is 9.47 Å². The Hall–Kier alpha value is -5.19. The van der Waals surface area contributed by atoms with Crippen molar-refractivity contribution in [3.05, 3.63) is 108 Å². The molecule has 0 saturated carbocycles. The Morgan fingerprint density at radius 1 is 0.825 bits per heavy atom.